The van der Waals surface area contributed by atoms with Gasteiger partial charge in [0.05, 0.1) is 23.2 Å². The maximum Gasteiger partial charge on any atom is 0.308 e. The third-order valence-electron chi connectivity index (χ3n) is 4.01. The van der Waals surface area contributed by atoms with Gasteiger partial charge in [0.1, 0.15) is 0 Å². The second kappa shape index (κ2) is 5.50. The fourth-order valence-electron chi connectivity index (χ4n) is 2.56. The molecule has 1 aromatic rings. The topological polar surface area (TPSA) is 75.4 Å². The summed E-state index contributed by atoms with van der Waals surface area (Å²) in [5, 5.41) is 13.4. The van der Waals surface area contributed by atoms with Crippen LogP contribution in [0.25, 0.3) is 0 Å². The number of amides is 1. The zero-order valence-corrected chi connectivity index (χ0v) is 13.0. The lowest BCUT2D eigenvalue weighted by Crippen LogP contribution is -2.47. The Kier molecular flexibility index (Phi) is 4.07. The molecule has 1 aliphatic rings. The second-order valence-corrected chi connectivity index (χ2v) is 6.76. The van der Waals surface area contributed by atoms with Crippen LogP contribution in [0, 0.1) is 5.92 Å². The van der Waals surface area contributed by atoms with Crippen molar-refractivity contribution in [3.05, 3.63) is 18.0 Å². The minimum absolute atomic E-state index is 0.0612. The Hall–Kier alpha value is -1.85. The van der Waals surface area contributed by atoms with E-state index < -0.39 is 11.9 Å². The number of hydrogen-bond donors (Lipinski definition) is 1. The fraction of sp³-hybridized carbons (Fsp3) is 0.667. The number of hydrogen-bond acceptors (Lipinski definition) is 3. The van der Waals surface area contributed by atoms with Gasteiger partial charge in [-0.1, -0.05) is 0 Å². The normalized spacial score (nSPS) is 23.1. The average molecular weight is 293 g/mol. The van der Waals surface area contributed by atoms with Crippen molar-refractivity contribution in [3.8, 4) is 0 Å². The lowest BCUT2D eigenvalue weighted by Gasteiger charge is -2.36. The summed E-state index contributed by atoms with van der Waals surface area (Å²) in [6.45, 7) is 8.27. The smallest absolute Gasteiger partial charge is 0.308 e. The van der Waals surface area contributed by atoms with Gasteiger partial charge in [-0.25, -0.2) is 0 Å². The minimum atomic E-state index is -0.829. The Bertz CT molecular complexity index is 545. The van der Waals surface area contributed by atoms with Crippen molar-refractivity contribution < 1.29 is 14.7 Å². The van der Waals surface area contributed by atoms with Gasteiger partial charge in [0.2, 0.25) is 0 Å². The van der Waals surface area contributed by atoms with Gasteiger partial charge in [0.25, 0.3) is 5.91 Å². The van der Waals surface area contributed by atoms with E-state index in [-0.39, 0.29) is 24.0 Å². The molecule has 0 aliphatic carbocycles. The lowest BCUT2D eigenvalue weighted by atomic mass is 9.93. The SMILES string of the molecule is CC1CCC(C(=O)O)CN1C(=O)c1cnn(C(C)(C)C)c1. The molecule has 116 valence electrons. The van der Waals surface area contributed by atoms with Crippen LogP contribution in [0.3, 0.4) is 0 Å². The highest BCUT2D eigenvalue weighted by Gasteiger charge is 2.33. The highest BCUT2D eigenvalue weighted by atomic mass is 16.4. The zero-order valence-electron chi connectivity index (χ0n) is 13.0. The number of carbonyl (C=O) groups is 2. The van der Waals surface area contributed by atoms with E-state index in [0.717, 1.165) is 6.42 Å². The van der Waals surface area contributed by atoms with Crippen LogP contribution in [0.15, 0.2) is 12.4 Å². The van der Waals surface area contributed by atoms with Crippen LogP contribution in [0.1, 0.15) is 50.9 Å². The average Bonchev–Trinajstić information content (AvgIpc) is 2.87. The molecule has 1 aromatic heterocycles. The van der Waals surface area contributed by atoms with Crippen molar-refractivity contribution in [2.45, 2.75) is 52.1 Å². The molecule has 0 saturated carbocycles. The van der Waals surface area contributed by atoms with Gasteiger partial charge in [-0.05, 0) is 40.5 Å². The molecule has 0 aromatic carbocycles. The number of carbonyl (C=O) groups excluding carboxylic acids is 1. The monoisotopic (exact) mass is 293 g/mol. The van der Waals surface area contributed by atoms with E-state index in [4.69, 9.17) is 5.11 Å². The molecule has 1 fully saturated rings. The summed E-state index contributed by atoms with van der Waals surface area (Å²) in [6, 6.07) is 0.0612. The maximum absolute atomic E-state index is 12.6. The van der Waals surface area contributed by atoms with Gasteiger partial charge in [-0.2, -0.15) is 5.10 Å². The largest absolute Gasteiger partial charge is 0.481 e. The van der Waals surface area contributed by atoms with Crippen LogP contribution in [0.2, 0.25) is 0 Å². The molecule has 1 saturated heterocycles. The molecular formula is C15H23N3O3. The molecule has 0 radical (unpaired) electrons. The minimum Gasteiger partial charge on any atom is -0.481 e. The van der Waals surface area contributed by atoms with E-state index in [1.54, 1.807) is 22.0 Å². The second-order valence-electron chi connectivity index (χ2n) is 6.76. The van der Waals surface area contributed by atoms with Crippen LogP contribution in [0.5, 0.6) is 0 Å². The summed E-state index contributed by atoms with van der Waals surface area (Å²) in [6.07, 6.45) is 4.64. The first kappa shape index (κ1) is 15.5. The predicted molar refractivity (Wildman–Crippen MR) is 78.1 cm³/mol. The van der Waals surface area contributed by atoms with E-state index in [0.29, 0.717) is 12.0 Å². The maximum atomic E-state index is 12.6. The number of likely N-dealkylation sites (tertiary alicyclic amines) is 1. The van der Waals surface area contributed by atoms with E-state index in [1.807, 2.05) is 27.7 Å². The van der Waals surface area contributed by atoms with Gasteiger partial charge in [0.15, 0.2) is 0 Å². The van der Waals surface area contributed by atoms with Gasteiger partial charge in [-0.15, -0.1) is 0 Å². The first-order valence-corrected chi connectivity index (χ1v) is 7.29. The van der Waals surface area contributed by atoms with Crippen molar-refractivity contribution in [2.24, 2.45) is 5.92 Å². The molecule has 2 unspecified atom stereocenters. The molecule has 21 heavy (non-hydrogen) atoms. The number of rotatable bonds is 2. The molecule has 1 amide bonds. The number of aliphatic carboxylic acids is 1. The van der Waals surface area contributed by atoms with Crippen molar-refractivity contribution in [1.82, 2.24) is 14.7 Å². The fourth-order valence-corrected chi connectivity index (χ4v) is 2.56. The van der Waals surface area contributed by atoms with Crippen LogP contribution in [-0.4, -0.2) is 44.3 Å². The third-order valence-corrected chi connectivity index (χ3v) is 4.01. The Morgan fingerprint density at radius 1 is 1.33 bits per heavy atom. The third kappa shape index (κ3) is 3.25. The van der Waals surface area contributed by atoms with Crippen LogP contribution in [0.4, 0.5) is 0 Å². The molecular weight excluding hydrogens is 270 g/mol. The molecule has 0 bridgehead atoms. The molecule has 1 aliphatic heterocycles. The van der Waals surface area contributed by atoms with E-state index in [9.17, 15) is 9.59 Å². The van der Waals surface area contributed by atoms with Crippen molar-refractivity contribution in [2.75, 3.05) is 6.54 Å². The molecule has 1 N–H and O–H groups in total. The molecule has 6 nitrogen and oxygen atoms in total. The molecule has 0 spiro atoms. The summed E-state index contributed by atoms with van der Waals surface area (Å²) in [4.78, 5) is 25.4. The Morgan fingerprint density at radius 3 is 2.52 bits per heavy atom. The van der Waals surface area contributed by atoms with Gasteiger partial charge < -0.3 is 10.0 Å². The molecule has 6 heteroatoms. The number of carboxylic acid groups (broad SMARTS) is 1. The standard InChI is InChI=1S/C15H23N3O3/c1-10-5-6-11(14(20)21)8-17(10)13(19)12-7-16-18(9-12)15(2,3)4/h7,9-11H,5-6,8H2,1-4H3,(H,20,21). The Balaban J connectivity index is 2.18. The van der Waals surface area contributed by atoms with Crippen LogP contribution in [-0.2, 0) is 10.3 Å². The summed E-state index contributed by atoms with van der Waals surface area (Å²) in [5.41, 5.74) is 0.332. The van der Waals surface area contributed by atoms with Crippen molar-refractivity contribution in [3.63, 3.8) is 0 Å². The van der Waals surface area contributed by atoms with Gasteiger partial charge in [-0.3, -0.25) is 14.3 Å². The summed E-state index contributed by atoms with van der Waals surface area (Å²) < 4.78 is 1.75. The molecule has 2 rings (SSSR count). The van der Waals surface area contributed by atoms with Gasteiger partial charge in [0, 0.05) is 18.8 Å². The van der Waals surface area contributed by atoms with E-state index in [1.165, 1.54) is 0 Å². The predicted octanol–water partition coefficient (Wildman–Crippen LogP) is 1.96. The first-order chi connectivity index (χ1) is 9.70. The first-order valence-electron chi connectivity index (χ1n) is 7.29. The number of aromatic nitrogens is 2. The number of carboxylic acids is 1. The quantitative estimate of drug-likeness (QED) is 0.904. The summed E-state index contributed by atoms with van der Waals surface area (Å²) in [7, 11) is 0. The van der Waals surface area contributed by atoms with E-state index >= 15 is 0 Å². The Morgan fingerprint density at radius 2 is 2.00 bits per heavy atom. The summed E-state index contributed by atoms with van der Waals surface area (Å²) in [5.74, 6) is -1.43. The van der Waals surface area contributed by atoms with Crippen LogP contribution >= 0.6 is 0 Å². The zero-order chi connectivity index (χ0) is 15.8. The highest BCUT2D eigenvalue weighted by Crippen LogP contribution is 2.24. The van der Waals surface area contributed by atoms with Crippen molar-refractivity contribution in [1.29, 1.82) is 0 Å². The van der Waals surface area contributed by atoms with Crippen molar-refractivity contribution >= 4 is 11.9 Å². The van der Waals surface area contributed by atoms with Crippen LogP contribution < -0.4 is 0 Å². The highest BCUT2D eigenvalue weighted by molar-refractivity contribution is 5.94. The summed E-state index contributed by atoms with van der Waals surface area (Å²) >= 11 is 0. The van der Waals surface area contributed by atoms with Gasteiger partial charge >= 0.3 is 5.97 Å². The van der Waals surface area contributed by atoms with E-state index in [2.05, 4.69) is 5.10 Å². The number of nitrogens with zero attached hydrogens (tertiary/aromatic N) is 3. The lowest BCUT2D eigenvalue weighted by molar-refractivity contribution is -0.143. The Labute approximate surface area is 124 Å². The molecule has 2 atom stereocenters. The number of piperidine rings is 1. The molecule has 2 heterocycles.